The predicted molar refractivity (Wildman–Crippen MR) is 148 cm³/mol. The van der Waals surface area contributed by atoms with Gasteiger partial charge in [0.1, 0.15) is 23.9 Å². The second-order valence-corrected chi connectivity index (χ2v) is 11.2. The Labute approximate surface area is 230 Å². The number of likely N-dealkylation sites (tertiary alicyclic amines) is 1. The number of carbonyl (C=O) groups excluding carboxylic acids is 1. The summed E-state index contributed by atoms with van der Waals surface area (Å²) in [5, 5.41) is 4.05. The van der Waals surface area contributed by atoms with E-state index in [1.807, 2.05) is 54.6 Å². The van der Waals surface area contributed by atoms with Gasteiger partial charge in [0.05, 0.1) is 37.5 Å². The van der Waals surface area contributed by atoms with Gasteiger partial charge in [0.25, 0.3) is 0 Å². The Morgan fingerprint density at radius 1 is 0.949 bits per heavy atom. The number of benzene rings is 2. The van der Waals surface area contributed by atoms with E-state index in [2.05, 4.69) is 42.7 Å². The lowest BCUT2D eigenvalue weighted by Crippen LogP contribution is -2.36. The van der Waals surface area contributed by atoms with Crippen LogP contribution in [0.2, 0.25) is 0 Å². The average Bonchev–Trinajstić information content (AvgIpc) is 3.56. The number of aromatic nitrogens is 1. The lowest BCUT2D eigenvalue weighted by atomic mass is 9.93. The number of Topliss-reactive ketones (excluding diaryl/α,β-unsaturated/α-hetero) is 1. The molecule has 2 aliphatic rings. The van der Waals surface area contributed by atoms with Gasteiger partial charge in [0.15, 0.2) is 0 Å². The van der Waals surface area contributed by atoms with Crippen molar-refractivity contribution >= 4 is 5.78 Å². The zero-order chi connectivity index (χ0) is 27.2. The number of carbonyl (C=O) groups is 1. The van der Waals surface area contributed by atoms with Crippen molar-refractivity contribution in [2.24, 2.45) is 0 Å². The van der Waals surface area contributed by atoms with Crippen LogP contribution in [0.1, 0.15) is 48.9 Å². The number of hydrogen-bond donors (Lipinski definition) is 0. The highest BCUT2D eigenvalue weighted by Gasteiger charge is 2.36. The molecule has 1 aromatic heterocycles. The SMILES string of the molecule is CC(C)(C)c1cc(CC(=O)Cc2ccc(C#Cc3ccc(OCCN4C[C@@H]5OCCO[C@@H]5C4)cc3)cc2)no1. The fraction of sp³-hybridized carbons (Fsp3) is 0.438. The standard InChI is InChI=1S/C32H36N2O5/c1-32(2,3)31-20-26(33-39-31)19-27(35)18-25-8-6-23(7-9-25)4-5-24-10-12-28(13-11-24)36-15-14-34-21-29-30(22-34)38-17-16-37-29/h6-13,20,29-30H,14-19,21-22H2,1-3H3/t29-,30+. The van der Waals surface area contributed by atoms with Gasteiger partial charge in [-0.15, -0.1) is 0 Å². The molecule has 7 heteroatoms. The normalized spacial score (nSPS) is 19.3. The molecule has 2 fully saturated rings. The highest BCUT2D eigenvalue weighted by molar-refractivity contribution is 5.82. The lowest BCUT2D eigenvalue weighted by molar-refractivity contribution is -0.117. The molecule has 3 heterocycles. The molecule has 0 aliphatic carbocycles. The van der Waals surface area contributed by atoms with Gasteiger partial charge in [-0.2, -0.15) is 0 Å². The highest BCUT2D eigenvalue weighted by Crippen LogP contribution is 2.23. The fourth-order valence-electron chi connectivity index (χ4n) is 4.74. The van der Waals surface area contributed by atoms with Crippen LogP contribution in [-0.2, 0) is 32.5 Å². The maximum Gasteiger partial charge on any atom is 0.143 e. The molecule has 0 unspecified atom stereocenters. The average molecular weight is 529 g/mol. The van der Waals surface area contributed by atoms with Crippen LogP contribution in [0.3, 0.4) is 0 Å². The van der Waals surface area contributed by atoms with Crippen molar-refractivity contribution in [3.8, 4) is 17.6 Å². The first-order valence-corrected chi connectivity index (χ1v) is 13.6. The summed E-state index contributed by atoms with van der Waals surface area (Å²) in [6.45, 7) is 10.8. The van der Waals surface area contributed by atoms with Crippen molar-refractivity contribution in [3.63, 3.8) is 0 Å². The molecule has 0 N–H and O–H groups in total. The van der Waals surface area contributed by atoms with E-state index in [-0.39, 0.29) is 29.8 Å². The van der Waals surface area contributed by atoms with Crippen LogP contribution in [0.15, 0.2) is 59.1 Å². The molecule has 2 atom stereocenters. The molecule has 2 aromatic carbocycles. The topological polar surface area (TPSA) is 74.0 Å². The second kappa shape index (κ2) is 12.2. The zero-order valence-corrected chi connectivity index (χ0v) is 22.9. The Morgan fingerprint density at radius 2 is 1.56 bits per heavy atom. The van der Waals surface area contributed by atoms with Crippen LogP contribution in [0.5, 0.6) is 5.75 Å². The number of rotatable bonds is 8. The highest BCUT2D eigenvalue weighted by atomic mass is 16.6. The summed E-state index contributed by atoms with van der Waals surface area (Å²) in [5.74, 6) is 8.12. The molecule has 7 nitrogen and oxygen atoms in total. The van der Waals surface area contributed by atoms with Gasteiger partial charge in [0.2, 0.25) is 0 Å². The molecule has 0 bridgehead atoms. The van der Waals surface area contributed by atoms with Crippen molar-refractivity contribution in [2.75, 3.05) is 39.5 Å². The molecule has 2 saturated heterocycles. The number of fused-ring (bicyclic) bond motifs is 1. The van der Waals surface area contributed by atoms with Gasteiger partial charge in [-0.05, 0) is 42.0 Å². The molecule has 0 radical (unpaired) electrons. The summed E-state index contributed by atoms with van der Waals surface area (Å²) in [6, 6.07) is 17.5. The maximum atomic E-state index is 12.5. The Kier molecular flexibility index (Phi) is 8.47. The van der Waals surface area contributed by atoms with Crippen LogP contribution < -0.4 is 4.74 Å². The molecule has 204 valence electrons. The molecular formula is C32H36N2O5. The van der Waals surface area contributed by atoms with Gasteiger partial charge in [-0.25, -0.2) is 0 Å². The predicted octanol–water partition coefficient (Wildman–Crippen LogP) is 4.20. The molecule has 2 aliphatic heterocycles. The monoisotopic (exact) mass is 528 g/mol. The van der Waals surface area contributed by atoms with Gasteiger partial charge in [-0.3, -0.25) is 9.69 Å². The Morgan fingerprint density at radius 3 is 2.15 bits per heavy atom. The van der Waals surface area contributed by atoms with Gasteiger partial charge >= 0.3 is 0 Å². The van der Waals surface area contributed by atoms with Crippen molar-refractivity contribution in [1.82, 2.24) is 10.1 Å². The molecular weight excluding hydrogens is 492 g/mol. The number of hydrogen-bond acceptors (Lipinski definition) is 7. The fourth-order valence-corrected chi connectivity index (χ4v) is 4.74. The molecule has 5 rings (SSSR count). The summed E-state index contributed by atoms with van der Waals surface area (Å²) in [4.78, 5) is 14.9. The third-order valence-corrected chi connectivity index (χ3v) is 6.95. The third kappa shape index (κ3) is 7.57. The van der Waals surface area contributed by atoms with E-state index >= 15 is 0 Å². The third-order valence-electron chi connectivity index (χ3n) is 6.95. The maximum absolute atomic E-state index is 12.5. The van der Waals surface area contributed by atoms with Gasteiger partial charge < -0.3 is 18.7 Å². The number of nitrogens with zero attached hydrogens (tertiary/aromatic N) is 2. The first-order valence-electron chi connectivity index (χ1n) is 13.6. The van der Waals surface area contributed by atoms with E-state index in [1.54, 1.807) is 0 Å². The largest absolute Gasteiger partial charge is 0.492 e. The van der Waals surface area contributed by atoms with E-state index in [1.165, 1.54) is 0 Å². The molecule has 3 aromatic rings. The van der Waals surface area contributed by atoms with Crippen molar-refractivity contribution < 1.29 is 23.5 Å². The Bertz CT molecular complexity index is 1300. The number of ether oxygens (including phenoxy) is 3. The number of ketones is 1. The second-order valence-electron chi connectivity index (χ2n) is 11.2. The lowest BCUT2D eigenvalue weighted by Gasteiger charge is -2.24. The summed E-state index contributed by atoms with van der Waals surface area (Å²) in [6.07, 6.45) is 1.02. The summed E-state index contributed by atoms with van der Waals surface area (Å²) in [5.41, 5.74) is 3.33. The first kappa shape index (κ1) is 27.1. The molecule has 0 amide bonds. The summed E-state index contributed by atoms with van der Waals surface area (Å²) >= 11 is 0. The van der Waals surface area contributed by atoms with E-state index in [9.17, 15) is 4.79 Å². The summed E-state index contributed by atoms with van der Waals surface area (Å²) < 4.78 is 22.9. The zero-order valence-electron chi connectivity index (χ0n) is 22.9. The van der Waals surface area contributed by atoms with Gasteiger partial charge in [-0.1, -0.05) is 49.9 Å². The molecule has 0 spiro atoms. The van der Waals surface area contributed by atoms with E-state index in [0.29, 0.717) is 31.9 Å². The Balaban J connectivity index is 1.06. The Hall–Kier alpha value is -3.44. The minimum atomic E-state index is -0.125. The van der Waals surface area contributed by atoms with Crippen molar-refractivity contribution in [2.45, 2.75) is 51.2 Å². The summed E-state index contributed by atoms with van der Waals surface area (Å²) in [7, 11) is 0. The van der Waals surface area contributed by atoms with Crippen LogP contribution >= 0.6 is 0 Å². The minimum absolute atomic E-state index is 0.103. The van der Waals surface area contributed by atoms with Crippen molar-refractivity contribution in [3.05, 3.63) is 82.7 Å². The van der Waals surface area contributed by atoms with Crippen molar-refractivity contribution in [1.29, 1.82) is 0 Å². The molecule has 39 heavy (non-hydrogen) atoms. The van der Waals surface area contributed by atoms with E-state index in [4.69, 9.17) is 18.7 Å². The van der Waals surface area contributed by atoms with Crippen LogP contribution in [-0.4, -0.2) is 67.5 Å². The van der Waals surface area contributed by atoms with E-state index < -0.39 is 0 Å². The molecule has 0 saturated carbocycles. The van der Waals surface area contributed by atoms with Gasteiger partial charge in [0, 0.05) is 48.7 Å². The smallest absolute Gasteiger partial charge is 0.143 e. The minimum Gasteiger partial charge on any atom is -0.492 e. The van der Waals surface area contributed by atoms with E-state index in [0.717, 1.165) is 47.8 Å². The van der Waals surface area contributed by atoms with Crippen LogP contribution in [0.25, 0.3) is 0 Å². The first-order chi connectivity index (χ1) is 18.8. The van der Waals surface area contributed by atoms with Crippen LogP contribution in [0.4, 0.5) is 0 Å². The van der Waals surface area contributed by atoms with Crippen LogP contribution in [0, 0.1) is 11.8 Å². The quantitative estimate of drug-likeness (QED) is 0.406.